The van der Waals surface area contributed by atoms with Crippen LogP contribution in [0.1, 0.15) is 42.1 Å². The molecule has 1 aliphatic carbocycles. The second-order valence-corrected chi connectivity index (χ2v) is 8.93. The molecule has 1 fully saturated rings. The van der Waals surface area contributed by atoms with Crippen LogP contribution in [0.5, 0.6) is 5.75 Å². The number of ether oxygens (including phenoxy) is 4. The molecule has 2 aromatic carbocycles. The van der Waals surface area contributed by atoms with Crippen LogP contribution in [0.4, 0.5) is 4.79 Å². The van der Waals surface area contributed by atoms with Gasteiger partial charge in [0.25, 0.3) is 0 Å². The van der Waals surface area contributed by atoms with Crippen molar-refractivity contribution in [3.63, 3.8) is 0 Å². The summed E-state index contributed by atoms with van der Waals surface area (Å²) in [5, 5.41) is 0. The predicted molar refractivity (Wildman–Crippen MR) is 136 cm³/mol. The van der Waals surface area contributed by atoms with Gasteiger partial charge in [-0.15, -0.1) is 0 Å². The minimum absolute atomic E-state index is 0.0345. The molecule has 0 unspecified atom stereocenters. The van der Waals surface area contributed by atoms with Crippen LogP contribution in [0.3, 0.4) is 0 Å². The molecule has 198 valence electrons. The average molecular weight is 520 g/mol. The zero-order valence-electron chi connectivity index (χ0n) is 21.0. The molecule has 1 amide bonds. The third kappa shape index (κ3) is 7.09. The predicted octanol–water partition coefficient (Wildman–Crippen LogP) is 4.37. The van der Waals surface area contributed by atoms with Crippen LogP contribution in [-0.2, 0) is 30.4 Å². The highest BCUT2D eigenvalue weighted by Crippen LogP contribution is 2.26. The van der Waals surface area contributed by atoms with Crippen molar-refractivity contribution >= 4 is 24.0 Å². The van der Waals surface area contributed by atoms with Crippen molar-refractivity contribution in [1.29, 1.82) is 0 Å². The summed E-state index contributed by atoms with van der Waals surface area (Å²) in [4.78, 5) is 51.6. The van der Waals surface area contributed by atoms with Gasteiger partial charge < -0.3 is 18.9 Å². The molecule has 0 saturated carbocycles. The first-order valence-corrected chi connectivity index (χ1v) is 12.4. The number of amides is 1. The maximum atomic E-state index is 13.0. The summed E-state index contributed by atoms with van der Waals surface area (Å²) >= 11 is 0. The van der Waals surface area contributed by atoms with E-state index in [1.165, 1.54) is 24.0 Å². The van der Waals surface area contributed by atoms with Gasteiger partial charge in [-0.1, -0.05) is 60.7 Å². The van der Waals surface area contributed by atoms with Gasteiger partial charge in [-0.3, -0.25) is 9.69 Å². The molecule has 1 saturated heterocycles. The molecular formula is C29H29NO8. The molecule has 4 rings (SSSR count). The van der Waals surface area contributed by atoms with Crippen LogP contribution in [0.2, 0.25) is 0 Å². The summed E-state index contributed by atoms with van der Waals surface area (Å²) in [5.74, 6) is -1.88. The Morgan fingerprint density at radius 3 is 2.42 bits per heavy atom. The van der Waals surface area contributed by atoms with E-state index in [1.807, 2.05) is 48.6 Å². The van der Waals surface area contributed by atoms with Gasteiger partial charge in [0.05, 0.1) is 6.54 Å². The lowest BCUT2D eigenvalue weighted by Crippen LogP contribution is -2.42. The molecule has 2 atom stereocenters. The van der Waals surface area contributed by atoms with E-state index in [9.17, 15) is 19.2 Å². The number of likely N-dealkylation sites (tertiary alicyclic amines) is 1. The van der Waals surface area contributed by atoms with E-state index in [1.54, 1.807) is 12.1 Å². The van der Waals surface area contributed by atoms with E-state index in [2.05, 4.69) is 0 Å². The van der Waals surface area contributed by atoms with Crippen molar-refractivity contribution in [2.24, 2.45) is 0 Å². The van der Waals surface area contributed by atoms with Crippen LogP contribution in [-0.4, -0.2) is 54.2 Å². The largest absolute Gasteiger partial charge is 0.459 e. The summed E-state index contributed by atoms with van der Waals surface area (Å²) in [5.41, 5.74) is 1.73. The molecule has 1 aliphatic heterocycles. The van der Waals surface area contributed by atoms with Gasteiger partial charge in [0.15, 0.2) is 0 Å². The van der Waals surface area contributed by atoms with Crippen molar-refractivity contribution in [3.05, 3.63) is 89.5 Å². The lowest BCUT2D eigenvalue weighted by molar-refractivity contribution is -0.149. The number of nitrogens with zero attached hydrogens (tertiary/aromatic N) is 1. The highest BCUT2D eigenvalue weighted by Gasteiger charge is 2.43. The fourth-order valence-electron chi connectivity index (χ4n) is 4.23. The monoisotopic (exact) mass is 519 g/mol. The Labute approximate surface area is 220 Å². The standard InChI is InChI=1S/C29H29NO8/c1-20(31)37-26-15-9-8-14-24(26)27(32)38-23-16-25(28(33)35-18-21-10-4-2-5-11-21)30(17-23)29(34)36-19-22-12-6-3-7-13-22/h2,4-6,8-15,23,25H,3,7,16-19H2,1H3/t23-,25+/m1/s1. The van der Waals surface area contributed by atoms with E-state index in [4.69, 9.17) is 18.9 Å². The van der Waals surface area contributed by atoms with Gasteiger partial charge in [0, 0.05) is 13.3 Å². The molecule has 2 aliphatic rings. The highest BCUT2D eigenvalue weighted by molar-refractivity contribution is 5.93. The molecule has 0 N–H and O–H groups in total. The quantitative estimate of drug-likeness (QED) is 0.287. The molecule has 0 aromatic heterocycles. The van der Waals surface area contributed by atoms with Crippen LogP contribution >= 0.6 is 0 Å². The fourth-order valence-corrected chi connectivity index (χ4v) is 4.23. The van der Waals surface area contributed by atoms with E-state index in [-0.39, 0.29) is 37.5 Å². The van der Waals surface area contributed by atoms with Gasteiger partial charge in [-0.05, 0) is 36.1 Å². The second kappa shape index (κ2) is 12.7. The zero-order chi connectivity index (χ0) is 26.9. The maximum Gasteiger partial charge on any atom is 0.410 e. The number of allylic oxidation sites excluding steroid dienone is 2. The van der Waals surface area contributed by atoms with Crippen molar-refractivity contribution in [1.82, 2.24) is 4.90 Å². The smallest absolute Gasteiger partial charge is 0.410 e. The SMILES string of the molecule is CC(=O)Oc1ccccc1C(=O)O[C@@H]1C[C@@H](C(=O)OCc2ccccc2)N(C(=O)OCC2=CCCC=C2)C1. The summed E-state index contributed by atoms with van der Waals surface area (Å²) in [6, 6.07) is 14.4. The number of hydrogen-bond acceptors (Lipinski definition) is 8. The molecule has 9 nitrogen and oxygen atoms in total. The second-order valence-electron chi connectivity index (χ2n) is 8.93. The molecule has 0 radical (unpaired) electrons. The summed E-state index contributed by atoms with van der Waals surface area (Å²) in [6.07, 6.45) is 6.24. The van der Waals surface area contributed by atoms with E-state index in [0.717, 1.165) is 24.0 Å². The minimum atomic E-state index is -0.997. The Bertz CT molecular complexity index is 1240. The Kier molecular flexibility index (Phi) is 8.92. The first-order valence-electron chi connectivity index (χ1n) is 12.4. The lowest BCUT2D eigenvalue weighted by atomic mass is 10.1. The summed E-state index contributed by atoms with van der Waals surface area (Å²) in [6.45, 7) is 1.28. The van der Waals surface area contributed by atoms with E-state index in [0.29, 0.717) is 0 Å². The molecule has 9 heteroatoms. The minimum Gasteiger partial charge on any atom is -0.459 e. The number of para-hydroxylation sites is 1. The van der Waals surface area contributed by atoms with Crippen molar-refractivity contribution in [3.8, 4) is 5.75 Å². The normalized spacial score (nSPS) is 18.3. The van der Waals surface area contributed by atoms with Crippen LogP contribution in [0.15, 0.2) is 78.4 Å². The van der Waals surface area contributed by atoms with Gasteiger partial charge in [0.1, 0.15) is 36.7 Å². The number of rotatable bonds is 8. The van der Waals surface area contributed by atoms with Crippen molar-refractivity contribution in [2.75, 3.05) is 13.2 Å². The van der Waals surface area contributed by atoms with Gasteiger partial charge in [-0.25, -0.2) is 14.4 Å². The lowest BCUT2D eigenvalue weighted by Gasteiger charge is -2.22. The first kappa shape index (κ1) is 26.7. The van der Waals surface area contributed by atoms with Crippen molar-refractivity contribution < 1.29 is 38.1 Å². The highest BCUT2D eigenvalue weighted by atomic mass is 16.6. The maximum absolute atomic E-state index is 13.0. The third-order valence-electron chi connectivity index (χ3n) is 6.06. The number of carbonyl (C=O) groups is 4. The topological polar surface area (TPSA) is 108 Å². The molecular weight excluding hydrogens is 490 g/mol. The number of carbonyl (C=O) groups excluding carboxylic acids is 4. The number of benzene rings is 2. The van der Waals surface area contributed by atoms with Crippen LogP contribution in [0.25, 0.3) is 0 Å². The summed E-state index contributed by atoms with van der Waals surface area (Å²) in [7, 11) is 0. The third-order valence-corrected chi connectivity index (χ3v) is 6.06. The molecule has 0 bridgehead atoms. The average Bonchev–Trinajstić information content (AvgIpc) is 3.35. The molecule has 38 heavy (non-hydrogen) atoms. The van der Waals surface area contributed by atoms with E-state index >= 15 is 0 Å². The molecule has 1 heterocycles. The zero-order valence-corrected chi connectivity index (χ0v) is 21.0. The van der Waals surface area contributed by atoms with Gasteiger partial charge >= 0.3 is 24.0 Å². The summed E-state index contributed by atoms with van der Waals surface area (Å²) < 4.78 is 21.7. The van der Waals surface area contributed by atoms with Gasteiger partial charge in [-0.2, -0.15) is 0 Å². The first-order chi connectivity index (χ1) is 18.4. The fraction of sp³-hybridized carbons (Fsp3) is 0.310. The Morgan fingerprint density at radius 1 is 0.921 bits per heavy atom. The number of hydrogen-bond donors (Lipinski definition) is 0. The van der Waals surface area contributed by atoms with Crippen LogP contribution in [0, 0.1) is 0 Å². The van der Waals surface area contributed by atoms with E-state index < -0.39 is 36.1 Å². The Hall–Kier alpha value is -4.40. The van der Waals surface area contributed by atoms with Gasteiger partial charge in [0.2, 0.25) is 0 Å². The Morgan fingerprint density at radius 2 is 1.68 bits per heavy atom. The Balaban J connectivity index is 1.45. The van der Waals surface area contributed by atoms with Crippen molar-refractivity contribution in [2.45, 2.75) is 44.9 Å². The molecule has 0 spiro atoms. The number of esters is 3. The molecule has 2 aromatic rings. The van der Waals surface area contributed by atoms with Crippen LogP contribution < -0.4 is 4.74 Å².